The minimum atomic E-state index is -0.336. The summed E-state index contributed by atoms with van der Waals surface area (Å²) in [6.07, 6.45) is 2.21. The summed E-state index contributed by atoms with van der Waals surface area (Å²) in [4.78, 5) is 4.79. The van der Waals surface area contributed by atoms with Gasteiger partial charge in [-0.25, -0.2) is 9.37 Å². The average Bonchev–Trinajstić information content (AvgIpc) is 2.57. The first-order valence-electron chi connectivity index (χ1n) is 5.75. The molecule has 0 unspecified atom stereocenters. The highest BCUT2D eigenvalue weighted by Gasteiger charge is 2.24. The Bertz CT molecular complexity index is 610. The van der Waals surface area contributed by atoms with Gasteiger partial charge in [0.05, 0.1) is 16.4 Å². The summed E-state index contributed by atoms with van der Waals surface area (Å²) in [6.45, 7) is 6.11. The van der Waals surface area contributed by atoms with E-state index in [4.69, 9.17) is 18.0 Å². The number of thiocarbonyl (C=S) groups is 1. The molecule has 0 spiro atoms. The molecule has 2 heterocycles. The normalized spacial score (nSPS) is 12.0. The van der Waals surface area contributed by atoms with Crippen molar-refractivity contribution >= 4 is 22.9 Å². The molecule has 0 atom stereocenters. The molecule has 18 heavy (non-hydrogen) atoms. The molecule has 0 saturated heterocycles. The van der Waals surface area contributed by atoms with E-state index < -0.39 is 0 Å². The van der Waals surface area contributed by atoms with Crippen molar-refractivity contribution < 1.29 is 4.39 Å². The van der Waals surface area contributed by atoms with Crippen LogP contribution in [0.2, 0.25) is 0 Å². The molecule has 2 aromatic heterocycles. The van der Waals surface area contributed by atoms with Crippen LogP contribution in [0.4, 0.5) is 4.39 Å². The van der Waals surface area contributed by atoms with Gasteiger partial charge in [0.15, 0.2) is 11.5 Å². The van der Waals surface area contributed by atoms with Crippen LogP contribution in [0.15, 0.2) is 18.3 Å². The van der Waals surface area contributed by atoms with Crippen molar-refractivity contribution in [2.45, 2.75) is 32.6 Å². The number of halogens is 1. The number of hydrogen-bond donors (Lipinski definition) is 1. The van der Waals surface area contributed by atoms with E-state index in [-0.39, 0.29) is 11.2 Å². The van der Waals surface area contributed by atoms with Crippen molar-refractivity contribution in [2.75, 3.05) is 0 Å². The lowest BCUT2D eigenvalue weighted by atomic mass is 9.90. The third kappa shape index (κ3) is 2.22. The van der Waals surface area contributed by atoms with Crippen molar-refractivity contribution in [3.63, 3.8) is 0 Å². The molecule has 0 amide bonds. The molecule has 0 aliphatic rings. The lowest BCUT2D eigenvalue weighted by Crippen LogP contribution is -2.19. The van der Waals surface area contributed by atoms with E-state index in [1.165, 1.54) is 6.07 Å². The predicted octanol–water partition coefficient (Wildman–Crippen LogP) is 2.60. The lowest BCUT2D eigenvalue weighted by Gasteiger charge is -2.17. The second-order valence-corrected chi connectivity index (χ2v) is 5.87. The lowest BCUT2D eigenvalue weighted by molar-refractivity contribution is 0.566. The SMILES string of the molecule is CC(C)(C)c1nc2c(F)cccn2c1CC(N)=S. The highest BCUT2D eigenvalue weighted by atomic mass is 32.1. The molecule has 0 fully saturated rings. The molecule has 0 aliphatic heterocycles. The number of pyridine rings is 1. The van der Waals surface area contributed by atoms with Gasteiger partial charge in [0.1, 0.15) is 0 Å². The Balaban J connectivity index is 2.76. The van der Waals surface area contributed by atoms with E-state index in [1.54, 1.807) is 16.7 Å². The fourth-order valence-electron chi connectivity index (χ4n) is 2.02. The van der Waals surface area contributed by atoms with Gasteiger partial charge in [0.2, 0.25) is 0 Å². The topological polar surface area (TPSA) is 43.3 Å². The second kappa shape index (κ2) is 4.31. The van der Waals surface area contributed by atoms with Crippen molar-refractivity contribution in [1.29, 1.82) is 0 Å². The smallest absolute Gasteiger partial charge is 0.173 e. The third-order valence-electron chi connectivity index (χ3n) is 2.75. The van der Waals surface area contributed by atoms with Crippen LogP contribution in [-0.2, 0) is 11.8 Å². The Morgan fingerprint density at radius 1 is 1.50 bits per heavy atom. The Morgan fingerprint density at radius 3 is 2.72 bits per heavy atom. The molecule has 96 valence electrons. The fraction of sp³-hybridized carbons (Fsp3) is 0.385. The van der Waals surface area contributed by atoms with Crippen LogP contribution in [0.1, 0.15) is 32.2 Å². The summed E-state index contributed by atoms with van der Waals surface area (Å²) in [5.74, 6) is -0.336. The van der Waals surface area contributed by atoms with Crippen LogP contribution in [-0.4, -0.2) is 14.4 Å². The highest BCUT2D eigenvalue weighted by Crippen LogP contribution is 2.27. The zero-order chi connectivity index (χ0) is 13.5. The molecule has 5 heteroatoms. The Labute approximate surface area is 111 Å². The highest BCUT2D eigenvalue weighted by molar-refractivity contribution is 7.80. The number of nitrogens with zero attached hydrogens (tertiary/aromatic N) is 2. The molecule has 0 saturated carbocycles. The minimum absolute atomic E-state index is 0.182. The van der Waals surface area contributed by atoms with Gasteiger partial charge in [-0.15, -0.1) is 0 Å². The summed E-state index contributed by atoms with van der Waals surface area (Å²) in [5.41, 5.74) is 7.47. The second-order valence-electron chi connectivity index (χ2n) is 5.35. The van der Waals surface area contributed by atoms with Gasteiger partial charge in [-0.1, -0.05) is 33.0 Å². The van der Waals surface area contributed by atoms with Crippen molar-refractivity contribution in [3.8, 4) is 0 Å². The van der Waals surface area contributed by atoms with E-state index in [0.29, 0.717) is 17.1 Å². The first kappa shape index (κ1) is 13.0. The van der Waals surface area contributed by atoms with Crippen molar-refractivity contribution in [1.82, 2.24) is 9.38 Å². The van der Waals surface area contributed by atoms with Gasteiger partial charge in [0, 0.05) is 18.0 Å². The summed E-state index contributed by atoms with van der Waals surface area (Å²) in [6, 6.07) is 3.05. The fourth-order valence-corrected chi connectivity index (χ4v) is 2.15. The molecular formula is C13H16FN3S. The minimum Gasteiger partial charge on any atom is -0.393 e. The molecule has 2 N–H and O–H groups in total. The Morgan fingerprint density at radius 2 is 2.17 bits per heavy atom. The average molecular weight is 265 g/mol. The number of aromatic nitrogens is 2. The van der Waals surface area contributed by atoms with Crippen LogP contribution in [0.3, 0.4) is 0 Å². The van der Waals surface area contributed by atoms with E-state index in [0.717, 1.165) is 11.4 Å². The largest absolute Gasteiger partial charge is 0.393 e. The predicted molar refractivity (Wildman–Crippen MR) is 74.3 cm³/mol. The monoisotopic (exact) mass is 265 g/mol. The molecular weight excluding hydrogens is 249 g/mol. The van der Waals surface area contributed by atoms with Crippen LogP contribution >= 0.6 is 12.2 Å². The maximum Gasteiger partial charge on any atom is 0.173 e. The quantitative estimate of drug-likeness (QED) is 0.849. The maximum absolute atomic E-state index is 13.8. The third-order valence-corrected chi connectivity index (χ3v) is 2.90. The zero-order valence-corrected chi connectivity index (χ0v) is 11.5. The maximum atomic E-state index is 13.8. The standard InChI is InChI=1S/C13H16FN3S/c1-13(2,3)11-9(7-10(15)18)17-6-4-5-8(14)12(17)16-11/h4-6H,7H2,1-3H3,(H2,15,18). The molecule has 0 aliphatic carbocycles. The summed E-state index contributed by atoms with van der Waals surface area (Å²) in [5, 5.41) is 0. The van der Waals surface area contributed by atoms with Gasteiger partial charge < -0.3 is 10.1 Å². The first-order chi connectivity index (χ1) is 8.30. The molecule has 0 radical (unpaired) electrons. The van der Waals surface area contributed by atoms with E-state index in [9.17, 15) is 4.39 Å². The van der Waals surface area contributed by atoms with Crippen molar-refractivity contribution in [2.24, 2.45) is 5.73 Å². The van der Waals surface area contributed by atoms with Crippen LogP contribution in [0.25, 0.3) is 5.65 Å². The Kier molecular flexibility index (Phi) is 3.11. The number of rotatable bonds is 2. The van der Waals surface area contributed by atoms with Gasteiger partial charge in [0.25, 0.3) is 0 Å². The van der Waals surface area contributed by atoms with Crippen molar-refractivity contribution in [3.05, 3.63) is 35.5 Å². The van der Waals surface area contributed by atoms with Gasteiger partial charge in [-0.05, 0) is 12.1 Å². The van der Waals surface area contributed by atoms with Crippen LogP contribution in [0.5, 0.6) is 0 Å². The number of nitrogens with two attached hydrogens (primary N) is 1. The van der Waals surface area contributed by atoms with Gasteiger partial charge in [-0.2, -0.15) is 0 Å². The van der Waals surface area contributed by atoms with Gasteiger partial charge >= 0.3 is 0 Å². The van der Waals surface area contributed by atoms with Gasteiger partial charge in [-0.3, -0.25) is 0 Å². The molecule has 2 rings (SSSR count). The Hall–Kier alpha value is -1.49. The summed E-state index contributed by atoms with van der Waals surface area (Å²) in [7, 11) is 0. The zero-order valence-electron chi connectivity index (χ0n) is 10.7. The number of hydrogen-bond acceptors (Lipinski definition) is 2. The molecule has 2 aromatic rings. The summed E-state index contributed by atoms with van der Waals surface area (Å²) < 4.78 is 15.5. The van der Waals surface area contributed by atoms with E-state index >= 15 is 0 Å². The molecule has 0 bridgehead atoms. The molecule has 3 nitrogen and oxygen atoms in total. The summed E-state index contributed by atoms with van der Waals surface area (Å²) >= 11 is 4.96. The van der Waals surface area contributed by atoms with E-state index in [2.05, 4.69) is 4.98 Å². The number of fused-ring (bicyclic) bond motifs is 1. The molecule has 0 aromatic carbocycles. The van der Waals surface area contributed by atoms with Crippen LogP contribution in [0, 0.1) is 5.82 Å². The van der Waals surface area contributed by atoms with Crippen LogP contribution < -0.4 is 5.73 Å². The van der Waals surface area contributed by atoms with E-state index in [1.807, 2.05) is 20.8 Å². The first-order valence-corrected chi connectivity index (χ1v) is 6.16. The number of imidazole rings is 1.